The van der Waals surface area contributed by atoms with Gasteiger partial charge in [-0.1, -0.05) is 11.8 Å². The van der Waals surface area contributed by atoms with Crippen LogP contribution in [0.5, 0.6) is 23.0 Å². The molecule has 0 atom stereocenters. The van der Waals surface area contributed by atoms with Crippen LogP contribution in [-0.4, -0.2) is 42.0 Å². The topological polar surface area (TPSA) is 55.4 Å². The van der Waals surface area contributed by atoms with E-state index in [1.54, 1.807) is 40.2 Å². The molecule has 0 aliphatic carbocycles. The second-order valence-electron chi connectivity index (χ2n) is 11.1. The second kappa shape index (κ2) is 18.1. The number of hydrogen-bond donors (Lipinski definition) is 0. The fourth-order valence-electron chi connectivity index (χ4n) is 5.26. The van der Waals surface area contributed by atoms with E-state index in [1.165, 1.54) is 39.2 Å². The smallest absolute Gasteiger partial charge is 0.188 e. The van der Waals surface area contributed by atoms with E-state index < -0.39 is 0 Å². The summed E-state index contributed by atoms with van der Waals surface area (Å²) in [5.74, 6) is 3.23. The Morgan fingerprint density at radius 3 is 0.863 bits per heavy atom. The first-order valence-corrected chi connectivity index (χ1v) is 19.4. The van der Waals surface area contributed by atoms with Crippen molar-refractivity contribution in [3.05, 3.63) is 146 Å². The van der Waals surface area contributed by atoms with Crippen LogP contribution >= 0.6 is 11.8 Å². The standard InChI is InChI=1S/C42H40O6S3/c1-43-29-47-33-9-21-39(22-10-33)51(40-23-11-34(12-24-40)48-30-44-2)42-27-15-36(16-28-42)49-35-13-25-41(26-14-35)50(37-17-5-31(45-3)6-18-37)38-19-7-32(46-4)8-20-38/h5-28H,29-30H2,1-4H3/q+2. The van der Waals surface area contributed by atoms with Crippen LogP contribution in [0.25, 0.3) is 0 Å². The zero-order valence-corrected chi connectivity index (χ0v) is 31.4. The minimum absolute atomic E-state index is 0.210. The molecule has 0 saturated carbocycles. The summed E-state index contributed by atoms with van der Waals surface area (Å²) in [6, 6.07) is 51.0. The number of hydrogen-bond acceptors (Lipinski definition) is 7. The molecule has 0 aliphatic rings. The highest BCUT2D eigenvalue weighted by Gasteiger charge is 2.30. The first-order chi connectivity index (χ1) is 25.1. The van der Waals surface area contributed by atoms with Crippen molar-refractivity contribution < 1.29 is 28.4 Å². The van der Waals surface area contributed by atoms with E-state index in [2.05, 4.69) is 97.1 Å². The van der Waals surface area contributed by atoms with E-state index >= 15 is 0 Å². The van der Waals surface area contributed by atoms with Crippen LogP contribution < -0.4 is 18.9 Å². The van der Waals surface area contributed by atoms with E-state index in [0.29, 0.717) is 0 Å². The van der Waals surface area contributed by atoms with Crippen molar-refractivity contribution in [1.29, 1.82) is 0 Å². The molecule has 51 heavy (non-hydrogen) atoms. The Morgan fingerprint density at radius 2 is 0.608 bits per heavy atom. The van der Waals surface area contributed by atoms with E-state index in [0.717, 1.165) is 23.0 Å². The highest BCUT2D eigenvalue weighted by atomic mass is 32.2. The lowest BCUT2D eigenvalue weighted by atomic mass is 10.3. The molecule has 9 heteroatoms. The molecule has 0 unspecified atom stereocenters. The van der Waals surface area contributed by atoms with Crippen molar-refractivity contribution >= 4 is 33.6 Å². The van der Waals surface area contributed by atoms with Gasteiger partial charge in [-0.05, 0) is 146 Å². The van der Waals surface area contributed by atoms with Gasteiger partial charge in [-0.25, -0.2) is 0 Å². The summed E-state index contributed by atoms with van der Waals surface area (Å²) in [6.45, 7) is 0.421. The molecule has 0 aliphatic heterocycles. The maximum atomic E-state index is 5.65. The predicted molar refractivity (Wildman–Crippen MR) is 205 cm³/mol. The molecule has 6 rings (SSSR count). The Kier molecular flexibility index (Phi) is 12.9. The molecule has 0 radical (unpaired) electrons. The molecule has 0 spiro atoms. The van der Waals surface area contributed by atoms with Crippen molar-refractivity contribution in [2.24, 2.45) is 0 Å². The second-order valence-corrected chi connectivity index (χ2v) is 16.3. The Balaban J connectivity index is 1.23. The molecular weight excluding hydrogens is 697 g/mol. The molecule has 0 fully saturated rings. The summed E-state index contributed by atoms with van der Waals surface area (Å²) >= 11 is 1.76. The summed E-state index contributed by atoms with van der Waals surface area (Å²) in [5, 5.41) is 0. The number of ether oxygens (including phenoxy) is 6. The van der Waals surface area contributed by atoms with E-state index in [9.17, 15) is 0 Å². The van der Waals surface area contributed by atoms with Crippen LogP contribution in [0.1, 0.15) is 0 Å². The summed E-state index contributed by atoms with van der Waals surface area (Å²) in [6.07, 6.45) is 0. The van der Waals surface area contributed by atoms with Crippen LogP contribution in [0.3, 0.4) is 0 Å². The summed E-state index contributed by atoms with van der Waals surface area (Å²) < 4.78 is 32.3. The third kappa shape index (κ3) is 9.44. The maximum Gasteiger partial charge on any atom is 0.188 e. The van der Waals surface area contributed by atoms with Crippen LogP contribution in [0.15, 0.2) is 185 Å². The van der Waals surface area contributed by atoms with Crippen molar-refractivity contribution in [2.75, 3.05) is 42.0 Å². The third-order valence-corrected chi connectivity index (χ3v) is 13.2. The molecule has 0 saturated heterocycles. The zero-order chi connectivity index (χ0) is 35.4. The van der Waals surface area contributed by atoms with Gasteiger partial charge in [0.25, 0.3) is 0 Å². The summed E-state index contributed by atoms with van der Waals surface area (Å²) in [4.78, 5) is 9.63. The first kappa shape index (κ1) is 36.3. The van der Waals surface area contributed by atoms with Crippen molar-refractivity contribution in [2.45, 2.75) is 39.2 Å². The van der Waals surface area contributed by atoms with Gasteiger partial charge < -0.3 is 28.4 Å². The van der Waals surface area contributed by atoms with Gasteiger partial charge in [-0.15, -0.1) is 0 Å². The minimum atomic E-state index is -0.344. The Labute approximate surface area is 310 Å². The lowest BCUT2D eigenvalue weighted by Gasteiger charge is -2.11. The fourth-order valence-corrected chi connectivity index (χ4v) is 10.2. The number of rotatable bonds is 16. The van der Waals surface area contributed by atoms with Gasteiger partial charge in [-0.2, -0.15) is 0 Å². The molecule has 0 heterocycles. The Bertz CT molecular complexity index is 1830. The molecule has 6 aromatic carbocycles. The summed E-state index contributed by atoms with van der Waals surface area (Å²) in [7, 11) is 5.99. The third-order valence-electron chi connectivity index (χ3n) is 7.75. The van der Waals surface area contributed by atoms with Gasteiger partial charge in [-0.3, -0.25) is 0 Å². The monoisotopic (exact) mass is 736 g/mol. The summed E-state index contributed by atoms with van der Waals surface area (Å²) in [5.41, 5.74) is 0. The maximum absolute atomic E-state index is 5.65. The molecule has 6 aromatic rings. The lowest BCUT2D eigenvalue weighted by Crippen LogP contribution is -2.06. The van der Waals surface area contributed by atoms with Gasteiger partial charge >= 0.3 is 0 Å². The Hall–Kier alpha value is -4.51. The minimum Gasteiger partial charge on any atom is -0.497 e. The SMILES string of the molecule is COCOc1ccc([S+](c2ccc(OCOC)cc2)c2ccc(Sc3ccc([S+](c4ccc(OC)cc4)c4ccc(OC)cc4)cc3)cc2)cc1. The molecule has 6 nitrogen and oxygen atoms in total. The fraction of sp³-hybridized carbons (Fsp3) is 0.143. The molecule has 0 N–H and O–H groups in total. The van der Waals surface area contributed by atoms with Crippen LogP contribution in [0.2, 0.25) is 0 Å². The highest BCUT2D eigenvalue weighted by Crippen LogP contribution is 2.37. The number of benzene rings is 6. The molecule has 0 amide bonds. The van der Waals surface area contributed by atoms with Crippen molar-refractivity contribution in [1.82, 2.24) is 0 Å². The van der Waals surface area contributed by atoms with E-state index in [-0.39, 0.29) is 35.4 Å². The van der Waals surface area contributed by atoms with Gasteiger partial charge in [0.1, 0.15) is 23.0 Å². The van der Waals surface area contributed by atoms with Crippen LogP contribution in [0, 0.1) is 0 Å². The quantitative estimate of drug-likeness (QED) is 0.0725. The Morgan fingerprint density at radius 1 is 0.353 bits per heavy atom. The van der Waals surface area contributed by atoms with E-state index in [1.807, 2.05) is 48.5 Å². The van der Waals surface area contributed by atoms with Crippen molar-refractivity contribution in [3.8, 4) is 23.0 Å². The highest BCUT2D eigenvalue weighted by molar-refractivity contribution is 7.99. The van der Waals surface area contributed by atoms with E-state index in [4.69, 9.17) is 28.4 Å². The molecule has 260 valence electrons. The normalized spacial score (nSPS) is 11.1. The van der Waals surface area contributed by atoms with Crippen molar-refractivity contribution in [3.63, 3.8) is 0 Å². The molecule has 0 bridgehead atoms. The predicted octanol–water partition coefficient (Wildman–Crippen LogP) is 10.0. The number of methoxy groups -OCH3 is 4. The lowest BCUT2D eigenvalue weighted by molar-refractivity contribution is 0.0509. The van der Waals surface area contributed by atoms with Crippen LogP contribution in [-0.2, 0) is 31.3 Å². The van der Waals surface area contributed by atoms with Gasteiger partial charge in [0.2, 0.25) is 0 Å². The zero-order valence-electron chi connectivity index (χ0n) is 28.9. The first-order valence-electron chi connectivity index (χ1n) is 16.2. The van der Waals surface area contributed by atoms with Gasteiger partial charge in [0.15, 0.2) is 43.0 Å². The average molecular weight is 737 g/mol. The van der Waals surface area contributed by atoms with Gasteiger partial charge in [0.05, 0.1) is 36.0 Å². The van der Waals surface area contributed by atoms with Crippen LogP contribution in [0.4, 0.5) is 0 Å². The molecular formula is C42H40O6S3+2. The molecule has 0 aromatic heterocycles. The average Bonchev–Trinajstić information content (AvgIpc) is 3.19. The van der Waals surface area contributed by atoms with Gasteiger partial charge in [0, 0.05) is 24.0 Å². The largest absolute Gasteiger partial charge is 0.497 e.